The monoisotopic (exact) mass is 498 g/mol. The molecule has 2 rings (SSSR count). The molecule has 30 heavy (non-hydrogen) atoms. The quantitative estimate of drug-likeness (QED) is 0.260. The molecular weight excluding hydrogens is 484 g/mol. The van der Waals surface area contributed by atoms with Crippen LogP contribution >= 0.6 is 46.4 Å². The molecule has 0 saturated heterocycles. The summed E-state index contributed by atoms with van der Waals surface area (Å²) in [7, 11) is 0. The number of halogens is 6. The van der Waals surface area contributed by atoms with Crippen molar-refractivity contribution in [2.45, 2.75) is 30.9 Å². The third-order valence-corrected chi connectivity index (χ3v) is 4.49. The third-order valence-electron chi connectivity index (χ3n) is 3.36. The number of para-hydroxylation sites is 2. The topological polar surface area (TPSA) is 59.9 Å². The van der Waals surface area contributed by atoms with E-state index in [9.17, 15) is 13.6 Å². The van der Waals surface area contributed by atoms with Gasteiger partial charge in [0.15, 0.2) is 0 Å². The summed E-state index contributed by atoms with van der Waals surface area (Å²) in [6.45, 7) is 3.44. The Morgan fingerprint density at radius 2 is 1.67 bits per heavy atom. The van der Waals surface area contributed by atoms with Crippen LogP contribution in [0.15, 0.2) is 47.5 Å². The first-order valence-electron chi connectivity index (χ1n) is 8.46. The van der Waals surface area contributed by atoms with Gasteiger partial charge in [0.25, 0.3) is 0 Å². The molecule has 162 valence electrons. The van der Waals surface area contributed by atoms with Gasteiger partial charge in [-0.1, -0.05) is 64.6 Å². The van der Waals surface area contributed by atoms with Crippen LogP contribution in [-0.4, -0.2) is 29.0 Å². The molecule has 0 unspecified atom stereocenters. The highest BCUT2D eigenvalue weighted by atomic mass is 35.5. The molecule has 0 radical (unpaired) electrons. The largest absolute Gasteiger partial charge is 0.474 e. The number of anilines is 1. The number of benzene rings is 2. The minimum absolute atomic E-state index is 0.0888. The van der Waals surface area contributed by atoms with Gasteiger partial charge in [0.1, 0.15) is 5.75 Å². The first kappa shape index (κ1) is 24.5. The molecular formula is C19H16Cl4F2N2O3. The van der Waals surface area contributed by atoms with Gasteiger partial charge in [-0.3, -0.25) is 0 Å². The lowest BCUT2D eigenvalue weighted by molar-refractivity contribution is -0.163. The van der Waals surface area contributed by atoms with Gasteiger partial charge >= 0.3 is 12.1 Å². The maximum Gasteiger partial charge on any atom is 0.428 e. The maximum absolute atomic E-state index is 13.7. The van der Waals surface area contributed by atoms with E-state index < -0.39 is 17.0 Å². The lowest BCUT2D eigenvalue weighted by Crippen LogP contribution is -2.32. The van der Waals surface area contributed by atoms with Gasteiger partial charge < -0.3 is 14.8 Å². The number of rotatable bonds is 6. The van der Waals surface area contributed by atoms with Crippen LogP contribution in [0.25, 0.3) is 0 Å². The first-order valence-corrected chi connectivity index (χ1v) is 10.1. The summed E-state index contributed by atoms with van der Waals surface area (Å²) in [5, 5.41) is 2.78. The smallest absolute Gasteiger partial charge is 0.428 e. The lowest BCUT2D eigenvalue weighted by atomic mass is 10.2. The normalized spacial score (nSPS) is 12.3. The number of ether oxygens (including phenoxy) is 2. The Balaban J connectivity index is 2.35. The van der Waals surface area contributed by atoms with Crippen molar-refractivity contribution in [1.29, 1.82) is 0 Å². The molecule has 2 amide bonds. The number of aliphatic imine (C=N–C) groups is 1. The molecule has 0 aromatic heterocycles. The molecule has 0 bridgehead atoms. The summed E-state index contributed by atoms with van der Waals surface area (Å²) in [5.74, 6) is -0.497. The standard InChI is InChI=1S/C19H16Cl4F2N2O3/c1-10(2)29-16(15-11(20)6-5-7-12(15)21)27-18(28)26-13-8-3-4-9-14(13)30-19(24,25)17(22)23/h3-10,17H,1-2H3,(H,26,28)/b27-16-. The predicted molar refractivity (Wildman–Crippen MR) is 116 cm³/mol. The molecule has 0 atom stereocenters. The highest BCUT2D eigenvalue weighted by Gasteiger charge is 2.40. The van der Waals surface area contributed by atoms with E-state index >= 15 is 0 Å². The van der Waals surface area contributed by atoms with Crippen LogP contribution in [0.2, 0.25) is 10.0 Å². The summed E-state index contributed by atoms with van der Waals surface area (Å²) < 4.78 is 37.6. The average molecular weight is 500 g/mol. The highest BCUT2D eigenvalue weighted by molar-refractivity contribution is 6.44. The summed E-state index contributed by atoms with van der Waals surface area (Å²) in [6, 6.07) is 9.27. The fourth-order valence-corrected chi connectivity index (χ4v) is 2.80. The predicted octanol–water partition coefficient (Wildman–Crippen LogP) is 7.17. The van der Waals surface area contributed by atoms with E-state index in [1.807, 2.05) is 0 Å². The molecule has 0 saturated carbocycles. The van der Waals surface area contributed by atoms with Crippen molar-refractivity contribution in [2.24, 2.45) is 4.99 Å². The van der Waals surface area contributed by atoms with Gasteiger partial charge in [-0.2, -0.15) is 13.8 Å². The number of carbonyl (C=O) groups is 1. The van der Waals surface area contributed by atoms with Crippen LogP contribution < -0.4 is 10.1 Å². The fraction of sp³-hybridized carbons (Fsp3) is 0.263. The van der Waals surface area contributed by atoms with E-state index in [1.54, 1.807) is 32.0 Å². The second kappa shape index (κ2) is 10.5. The van der Waals surface area contributed by atoms with Crippen molar-refractivity contribution in [3.63, 3.8) is 0 Å². The zero-order chi connectivity index (χ0) is 22.5. The van der Waals surface area contributed by atoms with E-state index in [4.69, 9.17) is 51.1 Å². The number of amides is 2. The van der Waals surface area contributed by atoms with Crippen LogP contribution in [0.5, 0.6) is 5.75 Å². The van der Waals surface area contributed by atoms with Crippen LogP contribution in [0.3, 0.4) is 0 Å². The first-order chi connectivity index (χ1) is 14.0. The van der Waals surface area contributed by atoms with Crippen LogP contribution in [0.4, 0.5) is 19.3 Å². The minimum Gasteiger partial charge on any atom is -0.474 e. The number of urea groups is 1. The summed E-state index contributed by atoms with van der Waals surface area (Å²) in [6.07, 6.45) is -4.24. The van der Waals surface area contributed by atoms with Crippen molar-refractivity contribution in [1.82, 2.24) is 0 Å². The second-order valence-electron chi connectivity index (χ2n) is 6.07. The van der Waals surface area contributed by atoms with Crippen molar-refractivity contribution in [3.05, 3.63) is 58.1 Å². The Bertz CT molecular complexity index is 919. The van der Waals surface area contributed by atoms with E-state index in [0.29, 0.717) is 0 Å². The summed E-state index contributed by atoms with van der Waals surface area (Å²) in [4.78, 5) is 14.2. The average Bonchev–Trinajstić information content (AvgIpc) is 2.62. The molecule has 11 heteroatoms. The van der Waals surface area contributed by atoms with Crippen LogP contribution in [-0.2, 0) is 4.74 Å². The van der Waals surface area contributed by atoms with Gasteiger partial charge in [0.05, 0.1) is 27.4 Å². The molecule has 1 N–H and O–H groups in total. The van der Waals surface area contributed by atoms with E-state index in [1.165, 1.54) is 24.3 Å². The second-order valence-corrected chi connectivity index (χ2v) is 7.98. The van der Waals surface area contributed by atoms with Crippen molar-refractivity contribution in [2.75, 3.05) is 5.32 Å². The molecule has 0 aliphatic heterocycles. The van der Waals surface area contributed by atoms with Crippen molar-refractivity contribution < 1.29 is 23.0 Å². The maximum atomic E-state index is 13.7. The van der Waals surface area contributed by atoms with Crippen molar-refractivity contribution >= 4 is 64.0 Å². The SMILES string of the molecule is CC(C)O/C(=N\C(=O)Nc1ccccc1OC(F)(F)C(Cl)Cl)c1c(Cl)cccc1Cl. The molecule has 0 aliphatic rings. The van der Waals surface area contributed by atoms with Gasteiger partial charge in [-0.05, 0) is 38.1 Å². The molecule has 0 aliphatic carbocycles. The van der Waals surface area contributed by atoms with Crippen molar-refractivity contribution in [3.8, 4) is 5.75 Å². The minimum atomic E-state index is -3.88. The number of hydrogen-bond acceptors (Lipinski definition) is 3. The Morgan fingerprint density at radius 1 is 1.07 bits per heavy atom. The lowest BCUT2D eigenvalue weighted by Gasteiger charge is -2.20. The zero-order valence-electron chi connectivity index (χ0n) is 15.6. The Morgan fingerprint density at radius 3 is 2.23 bits per heavy atom. The number of hydrogen-bond donors (Lipinski definition) is 1. The van der Waals surface area contributed by atoms with Gasteiger partial charge in [-0.15, -0.1) is 0 Å². The van der Waals surface area contributed by atoms with E-state index in [2.05, 4.69) is 15.0 Å². The molecule has 5 nitrogen and oxygen atoms in total. The molecule has 0 spiro atoms. The highest BCUT2D eigenvalue weighted by Crippen LogP contribution is 2.34. The fourth-order valence-electron chi connectivity index (χ4n) is 2.15. The Kier molecular flexibility index (Phi) is 8.55. The number of nitrogens with one attached hydrogen (secondary N) is 1. The molecule has 2 aromatic rings. The van der Waals surface area contributed by atoms with Crippen LogP contribution in [0.1, 0.15) is 19.4 Å². The number of alkyl halides is 4. The van der Waals surface area contributed by atoms with Gasteiger partial charge in [-0.25, -0.2) is 4.79 Å². The molecule has 2 aromatic carbocycles. The summed E-state index contributed by atoms with van der Waals surface area (Å²) >= 11 is 22.8. The van der Waals surface area contributed by atoms with Gasteiger partial charge in [0.2, 0.25) is 10.7 Å². The van der Waals surface area contributed by atoms with Gasteiger partial charge in [0, 0.05) is 0 Å². The molecule has 0 heterocycles. The number of carbonyl (C=O) groups excluding carboxylic acids is 1. The number of nitrogens with zero attached hydrogens (tertiary/aromatic N) is 1. The Labute approximate surface area is 191 Å². The zero-order valence-corrected chi connectivity index (χ0v) is 18.7. The molecule has 0 fully saturated rings. The van der Waals surface area contributed by atoms with Crippen LogP contribution in [0, 0.1) is 0 Å². The summed E-state index contributed by atoms with van der Waals surface area (Å²) in [5.41, 5.74) is 0.127. The van der Waals surface area contributed by atoms with E-state index in [0.717, 1.165) is 0 Å². The Hall–Kier alpha value is -1.80. The third kappa shape index (κ3) is 6.60. The van der Waals surface area contributed by atoms with E-state index in [-0.39, 0.29) is 39.0 Å².